The minimum absolute atomic E-state index is 0.0870. The van der Waals surface area contributed by atoms with Crippen molar-refractivity contribution < 1.29 is 9.53 Å². The lowest BCUT2D eigenvalue weighted by molar-refractivity contribution is 0.132. The van der Waals surface area contributed by atoms with Gasteiger partial charge >= 0.3 is 6.03 Å². The molecule has 29 heavy (non-hydrogen) atoms. The number of nitrogens with one attached hydrogen (secondary N) is 1. The zero-order valence-electron chi connectivity index (χ0n) is 17.8. The van der Waals surface area contributed by atoms with E-state index in [4.69, 9.17) is 4.74 Å². The molecule has 3 fully saturated rings. The number of para-hydroxylation sites is 1. The topological polar surface area (TPSA) is 48.1 Å². The summed E-state index contributed by atoms with van der Waals surface area (Å²) < 4.78 is 5.62. The smallest absolute Gasteiger partial charge is 0.317 e. The molecule has 6 heteroatoms. The van der Waals surface area contributed by atoms with E-state index < -0.39 is 0 Å². The third-order valence-electron chi connectivity index (χ3n) is 6.93. The average Bonchev–Trinajstić information content (AvgIpc) is 3.49. The molecular formula is C23H36N4O2. The first-order valence-corrected chi connectivity index (χ1v) is 11.4. The van der Waals surface area contributed by atoms with Crippen molar-refractivity contribution in [2.75, 3.05) is 52.9 Å². The van der Waals surface area contributed by atoms with Crippen molar-refractivity contribution in [1.82, 2.24) is 20.0 Å². The first-order chi connectivity index (χ1) is 14.3. The van der Waals surface area contributed by atoms with Gasteiger partial charge in [0.1, 0.15) is 5.75 Å². The van der Waals surface area contributed by atoms with Gasteiger partial charge in [-0.2, -0.15) is 0 Å². The number of nitrogens with zero attached hydrogens (tertiary/aromatic N) is 3. The first kappa shape index (κ1) is 20.5. The summed E-state index contributed by atoms with van der Waals surface area (Å²) in [6.45, 7) is 7.03. The molecule has 3 aliphatic heterocycles. The van der Waals surface area contributed by atoms with Crippen LogP contribution in [0.5, 0.6) is 5.75 Å². The van der Waals surface area contributed by atoms with Gasteiger partial charge in [-0.15, -0.1) is 0 Å². The van der Waals surface area contributed by atoms with Crippen LogP contribution in [-0.2, 0) is 0 Å². The highest BCUT2D eigenvalue weighted by Crippen LogP contribution is 2.31. The SMILES string of the molecule is COc1ccccc1C(CNC(=O)N1CCC(N2CCCC2)CC1)N1CCCC1. The highest BCUT2D eigenvalue weighted by atomic mass is 16.5. The van der Waals surface area contributed by atoms with Crippen LogP contribution < -0.4 is 10.1 Å². The maximum atomic E-state index is 12.9. The number of carbonyl (C=O) groups excluding carboxylic acids is 1. The molecule has 0 saturated carbocycles. The van der Waals surface area contributed by atoms with Crippen LogP contribution in [0.4, 0.5) is 4.79 Å². The van der Waals surface area contributed by atoms with Crippen LogP contribution in [0.2, 0.25) is 0 Å². The second kappa shape index (κ2) is 9.81. The van der Waals surface area contributed by atoms with E-state index in [1.165, 1.54) is 44.3 Å². The molecule has 0 spiro atoms. The Morgan fingerprint density at radius 3 is 2.38 bits per heavy atom. The fourth-order valence-corrected chi connectivity index (χ4v) is 5.27. The van der Waals surface area contributed by atoms with Crippen LogP contribution in [0.15, 0.2) is 24.3 Å². The molecule has 3 aliphatic rings. The van der Waals surface area contributed by atoms with Crippen molar-refractivity contribution in [1.29, 1.82) is 0 Å². The third-order valence-corrected chi connectivity index (χ3v) is 6.93. The third kappa shape index (κ3) is 4.86. The van der Waals surface area contributed by atoms with Crippen molar-refractivity contribution in [2.45, 2.75) is 50.6 Å². The summed E-state index contributed by atoms with van der Waals surface area (Å²) in [5, 5.41) is 3.24. The zero-order valence-corrected chi connectivity index (χ0v) is 17.8. The van der Waals surface area contributed by atoms with Gasteiger partial charge in [0.15, 0.2) is 0 Å². The van der Waals surface area contributed by atoms with Crippen molar-refractivity contribution in [3.63, 3.8) is 0 Å². The van der Waals surface area contributed by atoms with E-state index in [2.05, 4.69) is 27.2 Å². The molecule has 1 N–H and O–H groups in total. The highest BCUT2D eigenvalue weighted by molar-refractivity contribution is 5.74. The molecule has 0 aromatic heterocycles. The minimum atomic E-state index is 0.0870. The molecule has 1 aromatic rings. The van der Waals surface area contributed by atoms with Crippen molar-refractivity contribution in [2.24, 2.45) is 0 Å². The molecule has 6 nitrogen and oxygen atoms in total. The Labute approximate surface area is 175 Å². The van der Waals surface area contributed by atoms with Gasteiger partial charge in [-0.05, 0) is 70.8 Å². The second-order valence-electron chi connectivity index (χ2n) is 8.65. The second-order valence-corrected chi connectivity index (χ2v) is 8.65. The van der Waals surface area contributed by atoms with Gasteiger partial charge in [0.05, 0.1) is 13.2 Å². The standard InChI is InChI=1S/C23H36N4O2/c1-29-22-9-3-2-8-20(22)21(26-14-6-7-15-26)18-24-23(28)27-16-10-19(11-17-27)25-12-4-5-13-25/h2-3,8-9,19,21H,4-7,10-18H2,1H3,(H,24,28). The van der Waals surface area contributed by atoms with Crippen molar-refractivity contribution >= 4 is 6.03 Å². The Morgan fingerprint density at radius 2 is 1.69 bits per heavy atom. The van der Waals surface area contributed by atoms with Gasteiger partial charge in [0.25, 0.3) is 0 Å². The van der Waals surface area contributed by atoms with Crippen molar-refractivity contribution in [3.05, 3.63) is 29.8 Å². The molecule has 1 atom stereocenters. The largest absolute Gasteiger partial charge is 0.496 e. The van der Waals surface area contributed by atoms with Gasteiger partial charge in [0.2, 0.25) is 0 Å². The summed E-state index contributed by atoms with van der Waals surface area (Å²) in [7, 11) is 1.73. The Hall–Kier alpha value is -1.79. The molecule has 1 aromatic carbocycles. The Bertz CT molecular complexity index is 663. The first-order valence-electron chi connectivity index (χ1n) is 11.4. The number of benzene rings is 1. The van der Waals surface area contributed by atoms with Crippen LogP contribution in [-0.4, -0.2) is 79.7 Å². The number of hydrogen-bond donors (Lipinski definition) is 1. The fraction of sp³-hybridized carbons (Fsp3) is 0.696. The average molecular weight is 401 g/mol. The molecule has 2 amide bonds. The van der Waals surface area contributed by atoms with Crippen molar-refractivity contribution in [3.8, 4) is 5.75 Å². The van der Waals surface area contributed by atoms with Crippen LogP contribution in [0.3, 0.4) is 0 Å². The molecule has 0 bridgehead atoms. The predicted octanol–water partition coefficient (Wildman–Crippen LogP) is 3.10. The lowest BCUT2D eigenvalue weighted by atomic mass is 10.0. The number of urea groups is 1. The maximum Gasteiger partial charge on any atom is 0.317 e. The predicted molar refractivity (Wildman–Crippen MR) is 115 cm³/mol. The number of likely N-dealkylation sites (tertiary alicyclic amines) is 3. The lowest BCUT2D eigenvalue weighted by Gasteiger charge is -2.37. The zero-order chi connectivity index (χ0) is 20.1. The normalized spacial score (nSPS) is 22.7. The van der Waals surface area contributed by atoms with Crippen LogP contribution >= 0.6 is 0 Å². The number of rotatable bonds is 6. The van der Waals surface area contributed by atoms with Crippen LogP contribution in [0.1, 0.15) is 50.1 Å². The lowest BCUT2D eigenvalue weighted by Crippen LogP contribution is -2.50. The fourth-order valence-electron chi connectivity index (χ4n) is 5.27. The number of methoxy groups -OCH3 is 1. The van der Waals surface area contributed by atoms with Crippen LogP contribution in [0.25, 0.3) is 0 Å². The number of carbonyl (C=O) groups is 1. The quantitative estimate of drug-likeness (QED) is 0.797. The molecule has 0 radical (unpaired) electrons. The monoisotopic (exact) mass is 400 g/mol. The van der Waals surface area contributed by atoms with Gasteiger partial charge in [-0.1, -0.05) is 18.2 Å². The molecule has 4 rings (SSSR count). The van der Waals surface area contributed by atoms with Gasteiger partial charge in [0, 0.05) is 31.2 Å². The number of hydrogen-bond acceptors (Lipinski definition) is 4. The Kier molecular flexibility index (Phi) is 6.93. The number of amides is 2. The molecule has 160 valence electrons. The Morgan fingerprint density at radius 1 is 1.03 bits per heavy atom. The summed E-state index contributed by atoms with van der Waals surface area (Å²) >= 11 is 0. The van der Waals surface area contributed by atoms with E-state index >= 15 is 0 Å². The molecular weight excluding hydrogens is 364 g/mol. The van der Waals surface area contributed by atoms with E-state index in [-0.39, 0.29) is 12.1 Å². The van der Waals surface area contributed by atoms with Gasteiger partial charge in [-0.3, -0.25) is 4.90 Å². The Balaban J connectivity index is 1.34. The van der Waals surface area contributed by atoms with Gasteiger partial charge < -0.3 is 19.9 Å². The summed E-state index contributed by atoms with van der Waals surface area (Å²) in [6.07, 6.45) is 7.33. The molecule has 3 heterocycles. The van der Waals surface area contributed by atoms with E-state index in [0.29, 0.717) is 12.6 Å². The van der Waals surface area contributed by atoms with Crippen LogP contribution in [0, 0.1) is 0 Å². The maximum absolute atomic E-state index is 12.9. The number of ether oxygens (including phenoxy) is 1. The summed E-state index contributed by atoms with van der Waals surface area (Å²) in [5.74, 6) is 0.907. The van der Waals surface area contributed by atoms with Gasteiger partial charge in [-0.25, -0.2) is 4.79 Å². The molecule has 0 aliphatic carbocycles. The van der Waals surface area contributed by atoms with E-state index in [9.17, 15) is 4.79 Å². The molecule has 1 unspecified atom stereocenters. The minimum Gasteiger partial charge on any atom is -0.496 e. The summed E-state index contributed by atoms with van der Waals surface area (Å²) in [4.78, 5) is 20.0. The van der Waals surface area contributed by atoms with E-state index in [1.807, 2.05) is 17.0 Å². The molecule has 3 saturated heterocycles. The summed E-state index contributed by atoms with van der Waals surface area (Å²) in [5.41, 5.74) is 1.17. The summed E-state index contributed by atoms with van der Waals surface area (Å²) in [6, 6.07) is 9.15. The van der Waals surface area contributed by atoms with E-state index in [0.717, 1.165) is 44.8 Å². The van der Waals surface area contributed by atoms with E-state index in [1.54, 1.807) is 7.11 Å². The highest BCUT2D eigenvalue weighted by Gasteiger charge is 2.30. The number of piperidine rings is 1.